The van der Waals surface area contributed by atoms with Gasteiger partial charge in [0.15, 0.2) is 5.78 Å². The molecule has 2 atom stereocenters. The number of anilines is 1. The van der Waals surface area contributed by atoms with Crippen LogP contribution in [0.1, 0.15) is 47.1 Å². The van der Waals surface area contributed by atoms with Crippen LogP contribution in [0.4, 0.5) is 5.88 Å². The first-order valence-corrected chi connectivity index (χ1v) is 10.4. The van der Waals surface area contributed by atoms with Crippen LogP contribution in [0.15, 0.2) is 64.3 Å². The molecule has 1 aromatic heterocycles. The van der Waals surface area contributed by atoms with E-state index in [9.17, 15) is 4.79 Å². The van der Waals surface area contributed by atoms with Gasteiger partial charge in [0.25, 0.3) is 0 Å². The molecule has 6 nitrogen and oxygen atoms in total. The van der Waals surface area contributed by atoms with Crippen LogP contribution in [-0.2, 0) is 4.79 Å². The van der Waals surface area contributed by atoms with E-state index in [1.54, 1.807) is 14.2 Å². The topological polar surface area (TPSA) is 73.6 Å². The number of aromatic nitrogens is 1. The third-order valence-electron chi connectivity index (χ3n) is 6.30. The maximum absolute atomic E-state index is 13.5. The van der Waals surface area contributed by atoms with Crippen molar-refractivity contribution in [3.8, 4) is 11.5 Å². The number of carbonyl (C=O) groups excluding carboxylic acids is 1. The van der Waals surface area contributed by atoms with Gasteiger partial charge in [0, 0.05) is 23.3 Å². The van der Waals surface area contributed by atoms with E-state index in [0.29, 0.717) is 12.3 Å². The first-order valence-electron chi connectivity index (χ1n) is 10.4. The second-order valence-electron chi connectivity index (χ2n) is 8.00. The zero-order valence-corrected chi connectivity index (χ0v) is 17.8. The number of allylic oxidation sites excluding steroid dienone is 2. The van der Waals surface area contributed by atoms with E-state index in [1.165, 1.54) is 0 Å². The Labute approximate surface area is 180 Å². The molecule has 0 unspecified atom stereocenters. The van der Waals surface area contributed by atoms with Gasteiger partial charge >= 0.3 is 0 Å². The number of hydrogen-bond acceptors (Lipinski definition) is 6. The van der Waals surface area contributed by atoms with Crippen LogP contribution in [0.25, 0.3) is 0 Å². The SMILES string of the molecule is COc1ccc([C@@H]2CC(=O)C3=C(C2)Nc2onc(C)c2[C@H]3c2ccccc2OC)cc1. The molecule has 158 valence electrons. The summed E-state index contributed by atoms with van der Waals surface area (Å²) in [5.74, 6) is 2.12. The number of fused-ring (bicyclic) bond motifs is 1. The fourth-order valence-electron chi connectivity index (χ4n) is 4.80. The molecular formula is C25H24N2O4. The Morgan fingerprint density at radius 1 is 1.03 bits per heavy atom. The number of rotatable bonds is 4. The number of nitrogens with one attached hydrogen (secondary N) is 1. The lowest BCUT2D eigenvalue weighted by molar-refractivity contribution is -0.116. The molecule has 31 heavy (non-hydrogen) atoms. The molecular weight excluding hydrogens is 392 g/mol. The van der Waals surface area contributed by atoms with Crippen LogP contribution >= 0.6 is 0 Å². The van der Waals surface area contributed by atoms with Gasteiger partial charge in [0.05, 0.1) is 31.4 Å². The normalized spacial score (nSPS) is 20.0. The van der Waals surface area contributed by atoms with Crippen molar-refractivity contribution in [2.24, 2.45) is 0 Å². The summed E-state index contributed by atoms with van der Waals surface area (Å²) in [5.41, 5.74) is 5.43. The van der Waals surface area contributed by atoms with Crippen LogP contribution < -0.4 is 14.8 Å². The highest BCUT2D eigenvalue weighted by Crippen LogP contribution is 2.50. The minimum Gasteiger partial charge on any atom is -0.497 e. The van der Waals surface area contributed by atoms with Gasteiger partial charge in [-0.15, -0.1) is 0 Å². The van der Waals surface area contributed by atoms with Gasteiger partial charge in [-0.05, 0) is 43.0 Å². The number of para-hydroxylation sites is 1. The van der Waals surface area contributed by atoms with Crippen LogP contribution in [0, 0.1) is 6.92 Å². The summed E-state index contributed by atoms with van der Waals surface area (Å²) in [6.07, 6.45) is 1.18. The first kappa shape index (κ1) is 19.4. The highest BCUT2D eigenvalue weighted by Gasteiger charge is 2.42. The molecule has 0 spiro atoms. The number of Topliss-reactive ketones (excluding diaryl/α,β-unsaturated/α-hetero) is 1. The number of hydrogen-bond donors (Lipinski definition) is 1. The standard InChI is InChI=1S/C25H24N2O4/c1-14-22-23(18-6-4-5-7-21(18)30-3)24-19(26-25(22)31-27-14)12-16(13-20(24)28)15-8-10-17(29-2)11-9-15/h4-11,16,23,26H,12-13H2,1-3H3/t16-,23+/m0/s1. The Kier molecular flexibility index (Phi) is 4.77. The van der Waals surface area contributed by atoms with E-state index >= 15 is 0 Å². The van der Waals surface area contributed by atoms with Crippen molar-refractivity contribution in [2.75, 3.05) is 19.5 Å². The quantitative estimate of drug-likeness (QED) is 0.648. The number of carbonyl (C=O) groups is 1. The monoisotopic (exact) mass is 416 g/mol. The zero-order chi connectivity index (χ0) is 21.5. The first-order chi connectivity index (χ1) is 15.1. The van der Waals surface area contributed by atoms with E-state index in [1.807, 2.05) is 55.5 Å². The van der Waals surface area contributed by atoms with Crippen molar-refractivity contribution in [3.05, 3.63) is 82.2 Å². The summed E-state index contributed by atoms with van der Waals surface area (Å²) in [4.78, 5) is 13.5. The fraction of sp³-hybridized carbons (Fsp3) is 0.280. The highest BCUT2D eigenvalue weighted by molar-refractivity contribution is 6.01. The summed E-state index contributed by atoms with van der Waals surface area (Å²) in [7, 11) is 3.30. The second kappa shape index (κ2) is 7.61. The minimum atomic E-state index is -0.266. The molecule has 0 bridgehead atoms. The van der Waals surface area contributed by atoms with Gasteiger partial charge < -0.3 is 19.3 Å². The molecule has 5 rings (SSSR count). The molecule has 6 heteroatoms. The van der Waals surface area contributed by atoms with E-state index in [0.717, 1.165) is 51.6 Å². The summed E-state index contributed by atoms with van der Waals surface area (Å²) < 4.78 is 16.5. The van der Waals surface area contributed by atoms with Gasteiger partial charge in [-0.25, -0.2) is 0 Å². The molecule has 1 aliphatic heterocycles. The third kappa shape index (κ3) is 3.19. The number of methoxy groups -OCH3 is 2. The second-order valence-corrected chi connectivity index (χ2v) is 8.00. The van der Waals surface area contributed by atoms with Crippen molar-refractivity contribution >= 4 is 11.7 Å². The molecule has 0 radical (unpaired) electrons. The molecule has 0 fully saturated rings. The molecule has 3 aromatic rings. The van der Waals surface area contributed by atoms with Crippen LogP contribution in [-0.4, -0.2) is 25.2 Å². The van der Waals surface area contributed by atoms with Crippen LogP contribution in [0.3, 0.4) is 0 Å². The predicted octanol–water partition coefficient (Wildman–Crippen LogP) is 4.96. The molecule has 2 heterocycles. The highest BCUT2D eigenvalue weighted by atomic mass is 16.5. The minimum absolute atomic E-state index is 0.0912. The third-order valence-corrected chi connectivity index (χ3v) is 6.30. The van der Waals surface area contributed by atoms with Crippen LogP contribution in [0.5, 0.6) is 11.5 Å². The molecule has 0 amide bonds. The average molecular weight is 416 g/mol. The lowest BCUT2D eigenvalue weighted by Gasteiger charge is -2.34. The zero-order valence-electron chi connectivity index (χ0n) is 17.8. The smallest absolute Gasteiger partial charge is 0.233 e. The number of ketones is 1. The van der Waals surface area contributed by atoms with E-state index in [-0.39, 0.29) is 17.6 Å². The van der Waals surface area contributed by atoms with Crippen molar-refractivity contribution in [2.45, 2.75) is 31.6 Å². The van der Waals surface area contributed by atoms with Crippen LogP contribution in [0.2, 0.25) is 0 Å². The van der Waals surface area contributed by atoms with Crippen molar-refractivity contribution < 1.29 is 18.8 Å². The average Bonchev–Trinajstić information content (AvgIpc) is 3.17. The van der Waals surface area contributed by atoms with E-state index < -0.39 is 0 Å². The molecule has 2 aromatic carbocycles. The Hall–Kier alpha value is -3.54. The lowest BCUT2D eigenvalue weighted by atomic mass is 9.72. The number of ether oxygens (including phenoxy) is 2. The maximum Gasteiger partial charge on any atom is 0.233 e. The molecule has 0 saturated carbocycles. The van der Waals surface area contributed by atoms with E-state index in [4.69, 9.17) is 14.0 Å². The van der Waals surface area contributed by atoms with Gasteiger partial charge in [-0.2, -0.15) is 0 Å². The predicted molar refractivity (Wildman–Crippen MR) is 117 cm³/mol. The Morgan fingerprint density at radius 3 is 2.55 bits per heavy atom. The Morgan fingerprint density at radius 2 is 1.81 bits per heavy atom. The Balaban J connectivity index is 1.61. The molecule has 2 aliphatic rings. The summed E-state index contributed by atoms with van der Waals surface area (Å²) >= 11 is 0. The van der Waals surface area contributed by atoms with Gasteiger partial charge in [-0.3, -0.25) is 4.79 Å². The lowest BCUT2D eigenvalue weighted by Crippen LogP contribution is -2.29. The van der Waals surface area contributed by atoms with Crippen molar-refractivity contribution in [3.63, 3.8) is 0 Å². The Bertz CT molecular complexity index is 1180. The molecule has 1 N–H and O–H groups in total. The van der Waals surface area contributed by atoms with Gasteiger partial charge in [-0.1, -0.05) is 35.5 Å². The fourth-order valence-corrected chi connectivity index (χ4v) is 4.80. The van der Waals surface area contributed by atoms with Crippen molar-refractivity contribution in [1.82, 2.24) is 5.16 Å². The number of aryl methyl sites for hydroxylation is 1. The summed E-state index contributed by atoms with van der Waals surface area (Å²) in [5, 5.41) is 7.55. The maximum atomic E-state index is 13.5. The molecule has 0 saturated heterocycles. The van der Waals surface area contributed by atoms with E-state index in [2.05, 4.69) is 10.5 Å². The van der Waals surface area contributed by atoms with Gasteiger partial charge in [0.2, 0.25) is 5.88 Å². The number of benzene rings is 2. The summed E-state index contributed by atoms with van der Waals surface area (Å²) in [6, 6.07) is 15.8. The summed E-state index contributed by atoms with van der Waals surface area (Å²) in [6.45, 7) is 1.91. The largest absolute Gasteiger partial charge is 0.497 e. The van der Waals surface area contributed by atoms with Crippen molar-refractivity contribution in [1.29, 1.82) is 0 Å². The number of nitrogens with zero attached hydrogens (tertiary/aromatic N) is 1. The van der Waals surface area contributed by atoms with Gasteiger partial charge in [0.1, 0.15) is 11.5 Å². The molecule has 1 aliphatic carbocycles.